The molecule has 3 heteroatoms. The number of carboxylic acids is 1. The number of carbonyl (C=O) groups is 1. The first-order chi connectivity index (χ1) is 6.92. The first kappa shape index (κ1) is 11.6. The van der Waals surface area contributed by atoms with Crippen LogP contribution in [-0.4, -0.2) is 16.2 Å². The lowest BCUT2D eigenvalue weighted by molar-refractivity contribution is -0.137. The van der Waals surface area contributed by atoms with E-state index in [0.29, 0.717) is 6.42 Å². The molecular formula is C12H16O3. The molecule has 0 bridgehead atoms. The second-order valence-electron chi connectivity index (χ2n) is 4.32. The molecule has 0 radical (unpaired) electrons. The zero-order chi connectivity index (χ0) is 11.5. The van der Waals surface area contributed by atoms with Crippen molar-refractivity contribution in [2.24, 2.45) is 0 Å². The summed E-state index contributed by atoms with van der Waals surface area (Å²) in [6.07, 6.45) is 0.751. The minimum atomic E-state index is -0.776. The van der Waals surface area contributed by atoms with Crippen LogP contribution < -0.4 is 0 Å². The van der Waals surface area contributed by atoms with Crippen molar-refractivity contribution in [2.45, 2.75) is 32.1 Å². The lowest BCUT2D eigenvalue weighted by Crippen LogP contribution is -2.18. The Labute approximate surface area is 89.4 Å². The average molecular weight is 208 g/mol. The van der Waals surface area contributed by atoms with E-state index < -0.39 is 5.97 Å². The summed E-state index contributed by atoms with van der Waals surface area (Å²) in [4.78, 5) is 10.5. The molecule has 0 aliphatic carbocycles. The van der Waals surface area contributed by atoms with E-state index in [4.69, 9.17) is 10.2 Å². The molecule has 0 aliphatic heterocycles. The fourth-order valence-corrected chi connectivity index (χ4v) is 1.48. The number of benzene rings is 1. The SMILES string of the molecule is CC(C)(CCC(=O)O)c1ccc(O)cc1. The second-order valence-corrected chi connectivity index (χ2v) is 4.32. The Morgan fingerprint density at radius 2 is 1.80 bits per heavy atom. The van der Waals surface area contributed by atoms with E-state index in [-0.39, 0.29) is 17.6 Å². The molecular weight excluding hydrogens is 192 g/mol. The van der Waals surface area contributed by atoms with Gasteiger partial charge in [0, 0.05) is 6.42 Å². The number of aliphatic carboxylic acids is 1. The second kappa shape index (κ2) is 4.34. The van der Waals surface area contributed by atoms with Crippen LogP contribution in [0.1, 0.15) is 32.3 Å². The minimum absolute atomic E-state index is 0.161. The lowest BCUT2D eigenvalue weighted by atomic mass is 9.80. The molecule has 0 saturated heterocycles. The molecule has 2 N–H and O–H groups in total. The maximum Gasteiger partial charge on any atom is 0.303 e. The van der Waals surface area contributed by atoms with Gasteiger partial charge >= 0.3 is 5.97 Å². The average Bonchev–Trinajstić information content (AvgIpc) is 2.16. The molecule has 1 aromatic carbocycles. The Hall–Kier alpha value is -1.51. The summed E-state index contributed by atoms with van der Waals surface area (Å²) in [6.45, 7) is 4.00. The zero-order valence-electron chi connectivity index (χ0n) is 9.03. The van der Waals surface area contributed by atoms with E-state index in [9.17, 15) is 4.79 Å². The van der Waals surface area contributed by atoms with Crippen molar-refractivity contribution in [1.29, 1.82) is 0 Å². The molecule has 0 heterocycles. The van der Waals surface area contributed by atoms with E-state index in [2.05, 4.69) is 0 Å². The molecule has 0 atom stereocenters. The molecule has 0 unspecified atom stereocenters. The number of hydrogen-bond donors (Lipinski definition) is 2. The molecule has 1 rings (SSSR count). The molecule has 0 spiro atoms. The molecule has 82 valence electrons. The Morgan fingerprint density at radius 3 is 2.27 bits per heavy atom. The van der Waals surface area contributed by atoms with Gasteiger partial charge in [0.25, 0.3) is 0 Å². The number of phenolic OH excluding ortho intramolecular Hbond substituents is 1. The van der Waals surface area contributed by atoms with Crippen LogP contribution in [0.3, 0.4) is 0 Å². The Bertz CT molecular complexity index is 338. The summed E-state index contributed by atoms with van der Waals surface area (Å²) < 4.78 is 0. The maximum atomic E-state index is 10.5. The number of hydrogen-bond acceptors (Lipinski definition) is 2. The van der Waals surface area contributed by atoms with Crippen LogP contribution in [0, 0.1) is 0 Å². The van der Waals surface area contributed by atoms with Gasteiger partial charge in [0.05, 0.1) is 0 Å². The van der Waals surface area contributed by atoms with Gasteiger partial charge in [-0.05, 0) is 29.5 Å². The number of rotatable bonds is 4. The van der Waals surface area contributed by atoms with Gasteiger partial charge < -0.3 is 10.2 Å². The highest BCUT2D eigenvalue weighted by molar-refractivity contribution is 5.66. The molecule has 15 heavy (non-hydrogen) atoms. The first-order valence-corrected chi connectivity index (χ1v) is 4.93. The highest BCUT2D eigenvalue weighted by Gasteiger charge is 2.21. The van der Waals surface area contributed by atoms with Crippen LogP contribution >= 0.6 is 0 Å². The molecule has 0 aliphatic rings. The van der Waals surface area contributed by atoms with Gasteiger partial charge in [-0.15, -0.1) is 0 Å². The Kier molecular flexibility index (Phi) is 3.35. The highest BCUT2D eigenvalue weighted by atomic mass is 16.4. The van der Waals surface area contributed by atoms with Gasteiger partial charge in [-0.2, -0.15) is 0 Å². The predicted octanol–water partition coefficient (Wildman–Crippen LogP) is 2.53. The number of phenols is 1. The third-order valence-electron chi connectivity index (χ3n) is 2.61. The predicted molar refractivity (Wildman–Crippen MR) is 58.0 cm³/mol. The third-order valence-corrected chi connectivity index (χ3v) is 2.61. The largest absolute Gasteiger partial charge is 0.508 e. The summed E-state index contributed by atoms with van der Waals surface area (Å²) >= 11 is 0. The van der Waals surface area contributed by atoms with Crippen LogP contribution in [0.15, 0.2) is 24.3 Å². The summed E-state index contributed by atoms with van der Waals surface area (Å²) in [6, 6.07) is 6.91. The highest BCUT2D eigenvalue weighted by Crippen LogP contribution is 2.29. The van der Waals surface area contributed by atoms with E-state index in [1.54, 1.807) is 12.1 Å². The topological polar surface area (TPSA) is 57.5 Å². The van der Waals surface area contributed by atoms with Crippen molar-refractivity contribution >= 4 is 5.97 Å². The summed E-state index contributed by atoms with van der Waals surface area (Å²) in [5, 5.41) is 17.8. The molecule has 3 nitrogen and oxygen atoms in total. The third kappa shape index (κ3) is 3.27. The summed E-state index contributed by atoms with van der Waals surface area (Å²) in [5.74, 6) is -0.547. The number of aromatic hydroxyl groups is 1. The normalized spacial score (nSPS) is 11.3. The van der Waals surface area contributed by atoms with Gasteiger partial charge in [-0.1, -0.05) is 26.0 Å². The first-order valence-electron chi connectivity index (χ1n) is 4.93. The van der Waals surface area contributed by atoms with Gasteiger partial charge in [0.2, 0.25) is 0 Å². The fraction of sp³-hybridized carbons (Fsp3) is 0.417. The van der Waals surface area contributed by atoms with Crippen molar-refractivity contribution in [3.63, 3.8) is 0 Å². The van der Waals surface area contributed by atoms with Crippen molar-refractivity contribution in [3.8, 4) is 5.75 Å². The van der Waals surface area contributed by atoms with Crippen LogP contribution in [0.2, 0.25) is 0 Å². The van der Waals surface area contributed by atoms with Crippen molar-refractivity contribution in [3.05, 3.63) is 29.8 Å². The van der Waals surface area contributed by atoms with E-state index in [0.717, 1.165) is 5.56 Å². The lowest BCUT2D eigenvalue weighted by Gasteiger charge is -2.24. The van der Waals surface area contributed by atoms with Gasteiger partial charge in [-0.3, -0.25) is 4.79 Å². The monoisotopic (exact) mass is 208 g/mol. The van der Waals surface area contributed by atoms with Crippen LogP contribution in [0.4, 0.5) is 0 Å². The summed E-state index contributed by atoms with van der Waals surface area (Å²) in [7, 11) is 0. The molecule has 0 amide bonds. The molecule has 0 saturated carbocycles. The van der Waals surface area contributed by atoms with Crippen LogP contribution in [0.25, 0.3) is 0 Å². The van der Waals surface area contributed by atoms with E-state index >= 15 is 0 Å². The van der Waals surface area contributed by atoms with Gasteiger partial charge in [0.15, 0.2) is 0 Å². The van der Waals surface area contributed by atoms with Crippen molar-refractivity contribution in [1.82, 2.24) is 0 Å². The fourth-order valence-electron chi connectivity index (χ4n) is 1.48. The Balaban J connectivity index is 2.76. The minimum Gasteiger partial charge on any atom is -0.508 e. The van der Waals surface area contributed by atoms with Crippen LogP contribution in [0.5, 0.6) is 5.75 Å². The van der Waals surface area contributed by atoms with Crippen LogP contribution in [-0.2, 0) is 10.2 Å². The molecule has 1 aromatic rings. The van der Waals surface area contributed by atoms with E-state index in [1.165, 1.54) is 0 Å². The molecule has 0 aromatic heterocycles. The van der Waals surface area contributed by atoms with Crippen molar-refractivity contribution < 1.29 is 15.0 Å². The maximum absolute atomic E-state index is 10.5. The zero-order valence-corrected chi connectivity index (χ0v) is 9.03. The van der Waals surface area contributed by atoms with Crippen molar-refractivity contribution in [2.75, 3.05) is 0 Å². The standard InChI is InChI=1S/C12H16O3/c1-12(2,8-7-11(14)15)9-3-5-10(13)6-4-9/h3-6,13H,7-8H2,1-2H3,(H,14,15). The van der Waals surface area contributed by atoms with Gasteiger partial charge in [-0.25, -0.2) is 0 Å². The summed E-state index contributed by atoms with van der Waals surface area (Å²) in [5.41, 5.74) is 0.869. The smallest absolute Gasteiger partial charge is 0.303 e. The van der Waals surface area contributed by atoms with E-state index in [1.807, 2.05) is 26.0 Å². The molecule has 0 fully saturated rings. The Morgan fingerprint density at radius 1 is 1.27 bits per heavy atom. The van der Waals surface area contributed by atoms with Gasteiger partial charge in [0.1, 0.15) is 5.75 Å². The number of carboxylic acid groups (broad SMARTS) is 1. The quantitative estimate of drug-likeness (QED) is 0.799.